The molecule has 114 valence electrons. The fourth-order valence-electron chi connectivity index (χ4n) is 2.39. The van der Waals surface area contributed by atoms with Gasteiger partial charge in [0.2, 0.25) is 0 Å². The fourth-order valence-corrected chi connectivity index (χ4v) is 2.39. The fraction of sp³-hybridized carbons (Fsp3) is 0.462. The largest absolute Gasteiger partial charge is 0.336 e. The Kier molecular flexibility index (Phi) is 4.71. The Hall–Kier alpha value is -2.19. The lowest BCUT2D eigenvalue weighted by atomic mass is 10.1. The monoisotopic (exact) mass is 293 g/mol. The summed E-state index contributed by atoms with van der Waals surface area (Å²) in [7, 11) is 0. The molecule has 1 fully saturated rings. The highest BCUT2D eigenvalue weighted by Gasteiger charge is 2.23. The lowest BCUT2D eigenvalue weighted by molar-refractivity contribution is -0.384. The van der Waals surface area contributed by atoms with Crippen LogP contribution in [0.15, 0.2) is 18.2 Å². The average Bonchev–Trinajstić information content (AvgIpc) is 2.53. The first-order valence-corrected chi connectivity index (χ1v) is 6.83. The molecule has 1 aromatic rings. The summed E-state index contributed by atoms with van der Waals surface area (Å²) in [5, 5.41) is 10.8. The lowest BCUT2D eigenvalue weighted by Gasteiger charge is -2.34. The quantitative estimate of drug-likeness (QED) is 0.480. The number of rotatable bonds is 4. The molecule has 1 aliphatic heterocycles. The minimum atomic E-state index is -0.538. The number of nitrogens with one attached hydrogen (secondary N) is 1. The molecule has 0 saturated carbocycles. The molecule has 1 heterocycles. The molecule has 1 saturated heterocycles. The van der Waals surface area contributed by atoms with Crippen LogP contribution in [0.25, 0.3) is 0 Å². The molecule has 0 bridgehead atoms. The molecule has 1 aliphatic rings. The van der Waals surface area contributed by atoms with Crippen molar-refractivity contribution in [2.75, 3.05) is 38.1 Å². The van der Waals surface area contributed by atoms with Gasteiger partial charge in [0, 0.05) is 37.8 Å². The molecular formula is C13H19N5O3. The summed E-state index contributed by atoms with van der Waals surface area (Å²) >= 11 is 0. The van der Waals surface area contributed by atoms with Crippen LogP contribution < -0.4 is 11.3 Å². The standard InChI is InChI=1S/C13H19N5O3/c1-2-16-5-7-17(8-6-16)13(19)10-3-4-12(18(20)21)11(9-10)15-14/h3-4,9,15H,2,5-8,14H2,1H3. The zero-order chi connectivity index (χ0) is 15.4. The van der Waals surface area contributed by atoms with Crippen LogP contribution in [0, 0.1) is 10.1 Å². The molecular weight excluding hydrogens is 274 g/mol. The predicted octanol–water partition coefficient (Wildman–Crippen LogP) is 0.658. The number of piperazine rings is 1. The Morgan fingerprint density at radius 1 is 1.38 bits per heavy atom. The van der Waals surface area contributed by atoms with Crippen LogP contribution in [-0.2, 0) is 0 Å². The third-order valence-electron chi connectivity index (χ3n) is 3.70. The molecule has 1 amide bonds. The maximum absolute atomic E-state index is 12.4. The van der Waals surface area contributed by atoms with E-state index in [4.69, 9.17) is 5.84 Å². The van der Waals surface area contributed by atoms with Crippen LogP contribution in [0.4, 0.5) is 11.4 Å². The van der Waals surface area contributed by atoms with E-state index < -0.39 is 4.92 Å². The number of nitro groups is 1. The number of nitrogens with zero attached hydrogens (tertiary/aromatic N) is 3. The molecule has 0 spiro atoms. The number of likely N-dealkylation sites (N-methyl/N-ethyl adjacent to an activating group) is 1. The Bertz CT molecular complexity index is 541. The number of anilines is 1. The molecule has 8 heteroatoms. The van der Waals surface area contributed by atoms with Gasteiger partial charge in [-0.3, -0.25) is 20.8 Å². The molecule has 2 rings (SSSR count). The third-order valence-corrected chi connectivity index (χ3v) is 3.70. The summed E-state index contributed by atoms with van der Waals surface area (Å²) in [6.07, 6.45) is 0. The van der Waals surface area contributed by atoms with Crippen LogP contribution in [0.5, 0.6) is 0 Å². The highest BCUT2D eigenvalue weighted by molar-refractivity contribution is 5.96. The van der Waals surface area contributed by atoms with Crippen LogP contribution in [0.3, 0.4) is 0 Å². The number of amides is 1. The topological polar surface area (TPSA) is 105 Å². The highest BCUT2D eigenvalue weighted by atomic mass is 16.6. The zero-order valence-corrected chi connectivity index (χ0v) is 11.9. The van der Waals surface area contributed by atoms with E-state index in [1.54, 1.807) is 4.90 Å². The Labute approximate surface area is 122 Å². The van der Waals surface area contributed by atoms with Crippen molar-refractivity contribution in [1.82, 2.24) is 9.80 Å². The smallest absolute Gasteiger partial charge is 0.293 e. The van der Waals surface area contributed by atoms with E-state index in [0.29, 0.717) is 18.7 Å². The Morgan fingerprint density at radius 2 is 2.05 bits per heavy atom. The molecule has 1 aromatic carbocycles. The van der Waals surface area contributed by atoms with E-state index in [1.165, 1.54) is 18.2 Å². The zero-order valence-electron chi connectivity index (χ0n) is 11.9. The van der Waals surface area contributed by atoms with Gasteiger partial charge in [-0.1, -0.05) is 6.92 Å². The number of nitro benzene ring substituents is 1. The van der Waals surface area contributed by atoms with Crippen molar-refractivity contribution in [3.8, 4) is 0 Å². The molecule has 0 atom stereocenters. The van der Waals surface area contributed by atoms with Crippen molar-refractivity contribution in [3.05, 3.63) is 33.9 Å². The second-order valence-corrected chi connectivity index (χ2v) is 4.86. The number of carbonyl (C=O) groups excluding carboxylic acids is 1. The summed E-state index contributed by atoms with van der Waals surface area (Å²) in [4.78, 5) is 26.7. The number of hydrazine groups is 1. The minimum absolute atomic E-state index is 0.128. The van der Waals surface area contributed by atoms with Crippen LogP contribution in [0.2, 0.25) is 0 Å². The van der Waals surface area contributed by atoms with Crippen LogP contribution in [-0.4, -0.2) is 53.4 Å². The molecule has 3 N–H and O–H groups in total. The van der Waals surface area contributed by atoms with Crippen molar-refractivity contribution in [2.24, 2.45) is 5.84 Å². The molecule has 8 nitrogen and oxygen atoms in total. The van der Waals surface area contributed by atoms with Crippen LogP contribution in [0.1, 0.15) is 17.3 Å². The normalized spacial score (nSPS) is 15.8. The van der Waals surface area contributed by atoms with E-state index in [2.05, 4.69) is 17.2 Å². The number of nitrogens with two attached hydrogens (primary N) is 1. The molecule has 0 aromatic heterocycles. The van der Waals surface area contributed by atoms with Gasteiger partial charge in [-0.15, -0.1) is 0 Å². The molecule has 21 heavy (non-hydrogen) atoms. The maximum atomic E-state index is 12.4. The summed E-state index contributed by atoms with van der Waals surface area (Å²) < 4.78 is 0. The number of nitrogen functional groups attached to an aromatic ring is 1. The van der Waals surface area contributed by atoms with Crippen molar-refractivity contribution < 1.29 is 9.72 Å². The molecule has 0 radical (unpaired) electrons. The number of carbonyl (C=O) groups is 1. The third kappa shape index (κ3) is 3.29. The molecule has 0 aliphatic carbocycles. The van der Waals surface area contributed by atoms with E-state index in [-0.39, 0.29) is 17.3 Å². The van der Waals surface area contributed by atoms with E-state index in [9.17, 15) is 14.9 Å². The first kappa shape index (κ1) is 15.2. The number of hydrogen-bond donors (Lipinski definition) is 2. The van der Waals surface area contributed by atoms with E-state index in [0.717, 1.165) is 19.6 Å². The first-order chi connectivity index (χ1) is 10.1. The van der Waals surface area contributed by atoms with E-state index >= 15 is 0 Å². The lowest BCUT2D eigenvalue weighted by Crippen LogP contribution is -2.48. The van der Waals surface area contributed by atoms with Crippen LogP contribution >= 0.6 is 0 Å². The van der Waals surface area contributed by atoms with Crippen molar-refractivity contribution in [2.45, 2.75) is 6.92 Å². The minimum Gasteiger partial charge on any atom is -0.336 e. The van der Waals surface area contributed by atoms with Gasteiger partial charge in [0.1, 0.15) is 5.69 Å². The van der Waals surface area contributed by atoms with Crippen molar-refractivity contribution >= 4 is 17.3 Å². The predicted molar refractivity (Wildman–Crippen MR) is 78.9 cm³/mol. The van der Waals surface area contributed by atoms with Crippen molar-refractivity contribution in [1.29, 1.82) is 0 Å². The molecule has 0 unspecified atom stereocenters. The maximum Gasteiger partial charge on any atom is 0.293 e. The van der Waals surface area contributed by atoms with Gasteiger partial charge in [0.05, 0.1) is 4.92 Å². The van der Waals surface area contributed by atoms with Gasteiger partial charge in [-0.05, 0) is 18.7 Å². The van der Waals surface area contributed by atoms with Gasteiger partial charge >= 0.3 is 0 Å². The SMILES string of the molecule is CCN1CCN(C(=O)c2ccc([N+](=O)[O-])c(NN)c2)CC1. The van der Waals surface area contributed by atoms with Gasteiger partial charge in [0.25, 0.3) is 11.6 Å². The second kappa shape index (κ2) is 6.51. The Morgan fingerprint density at radius 3 is 2.57 bits per heavy atom. The summed E-state index contributed by atoms with van der Waals surface area (Å²) in [6.45, 7) is 6.08. The van der Waals surface area contributed by atoms with E-state index in [1.807, 2.05) is 0 Å². The average molecular weight is 293 g/mol. The van der Waals surface area contributed by atoms with Gasteiger partial charge in [-0.25, -0.2) is 0 Å². The first-order valence-electron chi connectivity index (χ1n) is 6.83. The second-order valence-electron chi connectivity index (χ2n) is 4.86. The van der Waals surface area contributed by atoms with Gasteiger partial charge in [-0.2, -0.15) is 0 Å². The number of benzene rings is 1. The summed E-state index contributed by atoms with van der Waals surface area (Å²) in [5.74, 6) is 5.16. The van der Waals surface area contributed by atoms with Crippen molar-refractivity contribution in [3.63, 3.8) is 0 Å². The summed E-state index contributed by atoms with van der Waals surface area (Å²) in [6, 6.07) is 4.19. The highest BCUT2D eigenvalue weighted by Crippen LogP contribution is 2.25. The summed E-state index contributed by atoms with van der Waals surface area (Å²) in [5.41, 5.74) is 2.66. The number of hydrogen-bond acceptors (Lipinski definition) is 6. The Balaban J connectivity index is 2.15. The van der Waals surface area contributed by atoms with Gasteiger partial charge in [0.15, 0.2) is 0 Å². The van der Waals surface area contributed by atoms with Gasteiger partial charge < -0.3 is 15.2 Å².